The van der Waals surface area contributed by atoms with E-state index in [-0.39, 0.29) is 6.03 Å². The molecule has 1 aromatic rings. The van der Waals surface area contributed by atoms with Gasteiger partial charge < -0.3 is 25.3 Å². The van der Waals surface area contributed by atoms with Crippen LogP contribution in [0, 0.1) is 0 Å². The summed E-state index contributed by atoms with van der Waals surface area (Å²) in [5.74, 6) is 0. The lowest BCUT2D eigenvalue weighted by molar-refractivity contribution is -0.137. The Bertz CT molecular complexity index is 760. The first kappa shape index (κ1) is 23.9. The number of nitrogens with zero attached hydrogens (tertiary/aromatic N) is 3. The van der Waals surface area contributed by atoms with Crippen LogP contribution in [0.3, 0.4) is 0 Å². The van der Waals surface area contributed by atoms with E-state index in [0.717, 1.165) is 37.5 Å². The summed E-state index contributed by atoms with van der Waals surface area (Å²) in [5, 5.41) is 6.91. The first-order valence-corrected chi connectivity index (χ1v) is 14.2. The molecule has 0 saturated carbocycles. The van der Waals surface area contributed by atoms with E-state index >= 15 is 0 Å². The number of carbonyl (C=O) groups excluding carboxylic acids is 1. The maximum atomic E-state index is 13.7. The van der Waals surface area contributed by atoms with Gasteiger partial charge in [0, 0.05) is 64.6 Å². The van der Waals surface area contributed by atoms with Gasteiger partial charge in [0.05, 0.1) is 13.6 Å². The lowest BCUT2D eigenvalue weighted by Crippen LogP contribution is -2.58. The SMILES string of the molecule is CCNC(=O)N1CCN(C[Si](C)(C)c2cc(N3CCNCC3)cc(C(F)(F)F)c2)CC1. The molecular formula is C21H34F3N5OSi. The Morgan fingerprint density at radius 2 is 1.71 bits per heavy atom. The molecule has 0 spiro atoms. The number of anilines is 1. The van der Waals surface area contributed by atoms with Gasteiger partial charge in [-0.05, 0) is 25.2 Å². The van der Waals surface area contributed by atoms with Crippen molar-refractivity contribution in [2.45, 2.75) is 26.2 Å². The number of rotatable bonds is 5. The van der Waals surface area contributed by atoms with Gasteiger partial charge in [-0.1, -0.05) is 24.3 Å². The minimum atomic E-state index is -4.36. The fourth-order valence-corrected chi connectivity index (χ4v) is 7.00. The van der Waals surface area contributed by atoms with Crippen molar-refractivity contribution in [3.05, 3.63) is 23.8 Å². The van der Waals surface area contributed by atoms with Gasteiger partial charge in [0.1, 0.15) is 0 Å². The molecule has 31 heavy (non-hydrogen) atoms. The van der Waals surface area contributed by atoms with E-state index in [9.17, 15) is 18.0 Å². The molecule has 0 bridgehead atoms. The van der Waals surface area contributed by atoms with Crippen molar-refractivity contribution in [1.29, 1.82) is 0 Å². The molecule has 2 heterocycles. The second-order valence-corrected chi connectivity index (χ2v) is 13.6. The van der Waals surface area contributed by atoms with Crippen LogP contribution >= 0.6 is 0 Å². The van der Waals surface area contributed by atoms with E-state index in [2.05, 4.69) is 28.6 Å². The number of alkyl halides is 3. The van der Waals surface area contributed by atoms with E-state index in [1.54, 1.807) is 4.90 Å². The topological polar surface area (TPSA) is 50.9 Å². The van der Waals surface area contributed by atoms with Crippen molar-refractivity contribution in [3.63, 3.8) is 0 Å². The number of urea groups is 1. The standard InChI is InChI=1S/C21H34F3N5OSi/c1-4-26-20(30)29-11-9-27(10-12-29)16-31(2,3)19-14-17(21(22,23)24)13-18(15-19)28-7-5-25-6-8-28/h13-15,25H,4-12,16H2,1-3H3,(H,26,30). The lowest BCUT2D eigenvalue weighted by Gasteiger charge is -2.39. The Morgan fingerprint density at radius 3 is 2.29 bits per heavy atom. The number of halogens is 3. The smallest absolute Gasteiger partial charge is 0.369 e. The molecule has 0 unspecified atom stereocenters. The molecule has 0 aliphatic carbocycles. The molecule has 174 valence electrons. The van der Waals surface area contributed by atoms with Gasteiger partial charge in [0.15, 0.2) is 0 Å². The van der Waals surface area contributed by atoms with Crippen LogP contribution in [0.5, 0.6) is 0 Å². The molecule has 2 fully saturated rings. The highest BCUT2D eigenvalue weighted by atomic mass is 28.3. The minimum Gasteiger partial charge on any atom is -0.369 e. The Morgan fingerprint density at radius 1 is 1.06 bits per heavy atom. The van der Waals surface area contributed by atoms with Gasteiger partial charge >= 0.3 is 12.2 Å². The van der Waals surface area contributed by atoms with Crippen molar-refractivity contribution in [2.75, 3.05) is 70.0 Å². The van der Waals surface area contributed by atoms with Gasteiger partial charge in [0.2, 0.25) is 0 Å². The Kier molecular flexibility index (Phi) is 7.54. The number of benzene rings is 1. The zero-order chi connectivity index (χ0) is 22.6. The minimum absolute atomic E-state index is 0.0443. The zero-order valence-electron chi connectivity index (χ0n) is 18.7. The van der Waals surface area contributed by atoms with Crippen molar-refractivity contribution >= 4 is 25.0 Å². The normalized spacial score (nSPS) is 18.9. The molecule has 2 N–H and O–H groups in total. The van der Waals surface area contributed by atoms with E-state index < -0.39 is 19.8 Å². The number of amides is 2. The van der Waals surface area contributed by atoms with Gasteiger partial charge in [-0.2, -0.15) is 13.2 Å². The lowest BCUT2D eigenvalue weighted by atomic mass is 10.1. The van der Waals surface area contributed by atoms with Gasteiger partial charge in [-0.3, -0.25) is 0 Å². The number of hydrogen-bond donors (Lipinski definition) is 2. The van der Waals surface area contributed by atoms with Crippen molar-refractivity contribution in [1.82, 2.24) is 20.4 Å². The van der Waals surface area contributed by atoms with Crippen molar-refractivity contribution in [2.24, 2.45) is 0 Å². The molecule has 0 atom stereocenters. The summed E-state index contributed by atoms with van der Waals surface area (Å²) < 4.78 is 41.0. The monoisotopic (exact) mass is 457 g/mol. The maximum absolute atomic E-state index is 13.7. The molecule has 0 radical (unpaired) electrons. The second-order valence-electron chi connectivity index (χ2n) is 8.99. The first-order chi connectivity index (χ1) is 14.6. The van der Waals surface area contributed by atoms with E-state index in [1.165, 1.54) is 12.1 Å². The molecule has 2 saturated heterocycles. The van der Waals surface area contributed by atoms with Crippen molar-refractivity contribution < 1.29 is 18.0 Å². The van der Waals surface area contributed by atoms with Crippen LogP contribution in [0.25, 0.3) is 0 Å². The zero-order valence-corrected chi connectivity index (χ0v) is 19.7. The third-order valence-electron chi connectivity index (χ3n) is 6.12. The van der Waals surface area contributed by atoms with Gasteiger partial charge in [-0.15, -0.1) is 0 Å². The fraction of sp³-hybridized carbons (Fsp3) is 0.667. The second kappa shape index (κ2) is 9.79. The predicted molar refractivity (Wildman–Crippen MR) is 121 cm³/mol. The number of nitrogens with one attached hydrogen (secondary N) is 2. The average Bonchev–Trinajstić information content (AvgIpc) is 2.74. The summed E-state index contributed by atoms with van der Waals surface area (Å²) in [6.07, 6.45) is -3.58. The van der Waals surface area contributed by atoms with E-state index in [4.69, 9.17) is 0 Å². The summed E-state index contributed by atoms with van der Waals surface area (Å²) in [6.45, 7) is 12.5. The molecule has 2 aliphatic rings. The van der Waals surface area contributed by atoms with Crippen LogP contribution in [0.1, 0.15) is 12.5 Å². The van der Waals surface area contributed by atoms with Crippen LogP contribution < -0.4 is 20.7 Å². The third kappa shape index (κ3) is 6.14. The highest BCUT2D eigenvalue weighted by Gasteiger charge is 2.35. The molecule has 1 aromatic carbocycles. The Hall–Kier alpha value is -1.78. The summed E-state index contributed by atoms with van der Waals surface area (Å²) in [4.78, 5) is 18.2. The highest BCUT2D eigenvalue weighted by Crippen LogP contribution is 2.32. The quantitative estimate of drug-likeness (QED) is 0.664. The van der Waals surface area contributed by atoms with E-state index in [1.807, 2.05) is 17.9 Å². The van der Waals surface area contributed by atoms with E-state index in [0.29, 0.717) is 38.4 Å². The molecule has 2 aliphatic heterocycles. The first-order valence-electron chi connectivity index (χ1n) is 11.0. The number of piperazine rings is 2. The molecule has 0 aromatic heterocycles. The van der Waals surface area contributed by atoms with Crippen molar-refractivity contribution in [3.8, 4) is 0 Å². The maximum Gasteiger partial charge on any atom is 0.416 e. The molecular weight excluding hydrogens is 423 g/mol. The summed E-state index contributed by atoms with van der Waals surface area (Å²) in [6, 6.07) is 4.60. The molecule has 2 amide bonds. The fourth-order valence-electron chi connectivity index (χ4n) is 4.29. The van der Waals surface area contributed by atoms with Crippen LogP contribution in [-0.4, -0.2) is 89.0 Å². The molecule has 6 nitrogen and oxygen atoms in total. The Balaban J connectivity index is 1.76. The largest absolute Gasteiger partial charge is 0.416 e. The molecule has 3 rings (SSSR count). The molecule has 10 heteroatoms. The highest BCUT2D eigenvalue weighted by molar-refractivity contribution is 6.90. The van der Waals surface area contributed by atoms with Crippen LogP contribution in [0.15, 0.2) is 18.2 Å². The average molecular weight is 458 g/mol. The van der Waals surface area contributed by atoms with Crippen LogP contribution in [0.2, 0.25) is 13.1 Å². The summed E-state index contributed by atoms with van der Waals surface area (Å²) in [5.41, 5.74) is 0.119. The van der Waals surface area contributed by atoms with Gasteiger partial charge in [-0.25, -0.2) is 4.79 Å². The third-order valence-corrected chi connectivity index (χ3v) is 9.20. The van der Waals surface area contributed by atoms with Gasteiger partial charge in [0.25, 0.3) is 0 Å². The summed E-state index contributed by atoms with van der Waals surface area (Å²) in [7, 11) is -2.17. The van der Waals surface area contributed by atoms with Crippen LogP contribution in [0.4, 0.5) is 23.7 Å². The predicted octanol–water partition coefficient (Wildman–Crippen LogP) is 1.92. The summed E-state index contributed by atoms with van der Waals surface area (Å²) >= 11 is 0. The number of carbonyl (C=O) groups is 1. The number of hydrogen-bond acceptors (Lipinski definition) is 4. The van der Waals surface area contributed by atoms with Crippen LogP contribution in [-0.2, 0) is 6.18 Å². The Labute approximate surface area is 183 Å².